The van der Waals surface area contributed by atoms with Crippen LogP contribution in [0.3, 0.4) is 0 Å². The van der Waals surface area contributed by atoms with Crippen molar-refractivity contribution in [3.63, 3.8) is 0 Å². The van der Waals surface area contributed by atoms with E-state index in [9.17, 15) is 9.90 Å². The zero-order valence-corrected chi connectivity index (χ0v) is 15.2. The lowest BCUT2D eigenvalue weighted by molar-refractivity contribution is -0.147. The predicted octanol–water partition coefficient (Wildman–Crippen LogP) is 4.04. The van der Waals surface area contributed by atoms with E-state index in [4.69, 9.17) is 0 Å². The summed E-state index contributed by atoms with van der Waals surface area (Å²) in [6.45, 7) is 4.29. The maximum absolute atomic E-state index is 13.3. The molecule has 25 heavy (non-hydrogen) atoms. The van der Waals surface area contributed by atoms with E-state index in [1.165, 1.54) is 6.42 Å². The first-order chi connectivity index (χ1) is 12.0. The van der Waals surface area contributed by atoms with Crippen LogP contribution in [0.4, 0.5) is 0 Å². The lowest BCUT2D eigenvalue weighted by Gasteiger charge is -2.38. The molecule has 0 radical (unpaired) electrons. The molecular formula is C21H28N2O2. The molecule has 0 amide bonds. The van der Waals surface area contributed by atoms with E-state index in [1.54, 1.807) is 6.20 Å². The molecule has 1 aliphatic rings. The van der Waals surface area contributed by atoms with Gasteiger partial charge in [-0.2, -0.15) is 0 Å². The van der Waals surface area contributed by atoms with Crippen LogP contribution >= 0.6 is 0 Å². The largest absolute Gasteiger partial charge is 0.377 e. The summed E-state index contributed by atoms with van der Waals surface area (Å²) < 4.78 is 1.88. The first-order valence-corrected chi connectivity index (χ1v) is 9.35. The third kappa shape index (κ3) is 3.54. The summed E-state index contributed by atoms with van der Waals surface area (Å²) in [5, 5.41) is 11.6. The van der Waals surface area contributed by atoms with Crippen LogP contribution < -0.4 is 0 Å². The SMILES string of the molecule is CC(C)c1nccn1CC(=O)C(O)(c1ccccc1)C1CCCCC1. The molecule has 4 nitrogen and oxygen atoms in total. The Kier molecular flexibility index (Phi) is 5.38. The Morgan fingerprint density at radius 2 is 1.92 bits per heavy atom. The summed E-state index contributed by atoms with van der Waals surface area (Å²) in [7, 11) is 0. The molecule has 1 aliphatic carbocycles. The molecule has 1 aromatic carbocycles. The molecule has 1 saturated carbocycles. The zero-order valence-electron chi connectivity index (χ0n) is 15.2. The number of nitrogens with zero attached hydrogens (tertiary/aromatic N) is 2. The maximum Gasteiger partial charge on any atom is 0.188 e. The minimum atomic E-state index is -1.42. The highest BCUT2D eigenvalue weighted by Crippen LogP contribution is 2.40. The molecule has 1 heterocycles. The Morgan fingerprint density at radius 3 is 2.56 bits per heavy atom. The third-order valence-corrected chi connectivity index (χ3v) is 5.41. The maximum atomic E-state index is 13.3. The van der Waals surface area contributed by atoms with Crippen molar-refractivity contribution in [2.45, 2.75) is 64.0 Å². The number of carbonyl (C=O) groups excluding carboxylic acids is 1. The standard InChI is InChI=1S/C21H28N2O2/c1-16(2)20-22-13-14-23(20)15-19(24)21(25,17-9-5-3-6-10-17)18-11-7-4-8-12-18/h3,5-6,9-10,13-14,16,18,25H,4,7-8,11-12,15H2,1-2H3. The first-order valence-electron chi connectivity index (χ1n) is 9.35. The van der Waals surface area contributed by atoms with Gasteiger partial charge in [-0.3, -0.25) is 4.79 Å². The zero-order chi connectivity index (χ0) is 17.9. The second kappa shape index (κ2) is 7.52. The van der Waals surface area contributed by atoms with Gasteiger partial charge in [-0.25, -0.2) is 4.98 Å². The lowest BCUT2D eigenvalue weighted by Crippen LogP contribution is -2.45. The Morgan fingerprint density at radius 1 is 1.24 bits per heavy atom. The van der Waals surface area contributed by atoms with Crippen LogP contribution in [0.25, 0.3) is 0 Å². The molecule has 134 valence electrons. The number of hydrogen-bond donors (Lipinski definition) is 1. The number of aromatic nitrogens is 2. The van der Waals surface area contributed by atoms with Crippen LogP contribution in [-0.4, -0.2) is 20.4 Å². The van der Waals surface area contributed by atoms with Crippen molar-refractivity contribution in [2.24, 2.45) is 5.92 Å². The van der Waals surface area contributed by atoms with Crippen molar-refractivity contribution >= 4 is 5.78 Å². The Hall–Kier alpha value is -1.94. The van der Waals surface area contributed by atoms with Crippen molar-refractivity contribution in [2.75, 3.05) is 0 Å². The van der Waals surface area contributed by atoms with Crippen LogP contribution in [0.15, 0.2) is 42.7 Å². The van der Waals surface area contributed by atoms with Gasteiger partial charge in [0.25, 0.3) is 0 Å². The van der Waals surface area contributed by atoms with Crippen molar-refractivity contribution in [1.29, 1.82) is 0 Å². The number of rotatable bonds is 6. The summed E-state index contributed by atoms with van der Waals surface area (Å²) in [6.07, 6.45) is 8.71. The van der Waals surface area contributed by atoms with Crippen molar-refractivity contribution in [3.8, 4) is 0 Å². The van der Waals surface area contributed by atoms with E-state index in [1.807, 2.05) is 41.1 Å². The number of carbonyl (C=O) groups is 1. The normalized spacial score (nSPS) is 18.2. The van der Waals surface area contributed by atoms with Crippen molar-refractivity contribution < 1.29 is 9.90 Å². The fourth-order valence-electron chi connectivity index (χ4n) is 4.07. The highest BCUT2D eigenvalue weighted by atomic mass is 16.3. The summed E-state index contributed by atoms with van der Waals surface area (Å²) in [5.41, 5.74) is -0.696. The Bertz CT molecular complexity index is 702. The van der Waals surface area contributed by atoms with Gasteiger partial charge in [-0.15, -0.1) is 0 Å². The van der Waals surface area contributed by atoms with Gasteiger partial charge in [-0.1, -0.05) is 63.4 Å². The quantitative estimate of drug-likeness (QED) is 0.863. The van der Waals surface area contributed by atoms with E-state index in [0.717, 1.165) is 37.1 Å². The van der Waals surface area contributed by atoms with Gasteiger partial charge in [0.05, 0.1) is 6.54 Å². The number of ketones is 1. The van der Waals surface area contributed by atoms with E-state index in [-0.39, 0.29) is 24.2 Å². The molecule has 3 rings (SSSR count). The lowest BCUT2D eigenvalue weighted by atomic mass is 9.71. The molecule has 0 bridgehead atoms. The molecule has 0 spiro atoms. The number of Topliss-reactive ketones (excluding diaryl/α,β-unsaturated/α-hetero) is 1. The number of aliphatic hydroxyl groups is 1. The minimum Gasteiger partial charge on any atom is -0.377 e. The second-order valence-electron chi connectivity index (χ2n) is 7.46. The first kappa shape index (κ1) is 17.9. The molecule has 4 heteroatoms. The predicted molar refractivity (Wildman–Crippen MR) is 98.2 cm³/mol. The highest BCUT2D eigenvalue weighted by Gasteiger charge is 2.45. The number of benzene rings is 1. The van der Waals surface area contributed by atoms with E-state index >= 15 is 0 Å². The van der Waals surface area contributed by atoms with Gasteiger partial charge in [0.15, 0.2) is 11.4 Å². The molecule has 1 N–H and O–H groups in total. The van der Waals surface area contributed by atoms with Crippen LogP contribution in [0.5, 0.6) is 0 Å². The van der Waals surface area contributed by atoms with Gasteiger partial charge < -0.3 is 9.67 Å². The molecule has 1 aromatic heterocycles. The Labute approximate surface area is 149 Å². The molecular weight excluding hydrogens is 312 g/mol. The molecule has 2 aromatic rings. The van der Waals surface area contributed by atoms with E-state index in [2.05, 4.69) is 18.8 Å². The fourth-order valence-corrected chi connectivity index (χ4v) is 4.07. The fraction of sp³-hybridized carbons (Fsp3) is 0.524. The third-order valence-electron chi connectivity index (χ3n) is 5.41. The average Bonchev–Trinajstić information content (AvgIpc) is 3.11. The van der Waals surface area contributed by atoms with Crippen LogP contribution in [0.1, 0.15) is 63.3 Å². The molecule has 1 unspecified atom stereocenters. The van der Waals surface area contributed by atoms with Crippen molar-refractivity contribution in [1.82, 2.24) is 9.55 Å². The summed E-state index contributed by atoms with van der Waals surface area (Å²) in [5.74, 6) is 0.974. The summed E-state index contributed by atoms with van der Waals surface area (Å²) >= 11 is 0. The number of hydrogen-bond acceptors (Lipinski definition) is 3. The van der Waals surface area contributed by atoms with Gasteiger partial charge in [-0.05, 0) is 24.3 Å². The van der Waals surface area contributed by atoms with Gasteiger partial charge in [0.1, 0.15) is 5.82 Å². The number of imidazole rings is 1. The monoisotopic (exact) mass is 340 g/mol. The van der Waals surface area contributed by atoms with Gasteiger partial charge >= 0.3 is 0 Å². The van der Waals surface area contributed by atoms with Crippen molar-refractivity contribution in [3.05, 3.63) is 54.1 Å². The van der Waals surface area contributed by atoms with Gasteiger partial charge in [0.2, 0.25) is 0 Å². The smallest absolute Gasteiger partial charge is 0.188 e. The van der Waals surface area contributed by atoms with Gasteiger partial charge in [0, 0.05) is 18.3 Å². The van der Waals surface area contributed by atoms with E-state index < -0.39 is 5.60 Å². The van der Waals surface area contributed by atoms with Crippen LogP contribution in [0, 0.1) is 5.92 Å². The molecule has 0 aliphatic heterocycles. The second-order valence-corrected chi connectivity index (χ2v) is 7.46. The van der Waals surface area contributed by atoms with Crippen LogP contribution in [-0.2, 0) is 16.9 Å². The topological polar surface area (TPSA) is 55.1 Å². The molecule has 0 saturated heterocycles. The summed E-state index contributed by atoms with van der Waals surface area (Å²) in [4.78, 5) is 17.7. The average molecular weight is 340 g/mol. The molecule has 1 atom stereocenters. The summed E-state index contributed by atoms with van der Waals surface area (Å²) in [6, 6.07) is 9.47. The highest BCUT2D eigenvalue weighted by molar-refractivity contribution is 5.88. The minimum absolute atomic E-state index is 0.0119. The van der Waals surface area contributed by atoms with Crippen LogP contribution in [0.2, 0.25) is 0 Å². The van der Waals surface area contributed by atoms with E-state index in [0.29, 0.717) is 0 Å². The molecule has 1 fully saturated rings. The Balaban J connectivity index is 1.93.